The van der Waals surface area contributed by atoms with Crippen molar-refractivity contribution in [1.29, 1.82) is 0 Å². The number of carbonyl (C=O) groups is 1. The summed E-state index contributed by atoms with van der Waals surface area (Å²) in [6.07, 6.45) is 1.81. The fourth-order valence-electron chi connectivity index (χ4n) is 0.783. The molecule has 5 heteroatoms. The van der Waals surface area contributed by atoms with Crippen molar-refractivity contribution < 1.29 is 46.1 Å². The van der Waals surface area contributed by atoms with Crippen LogP contribution in [0, 0.1) is 0 Å². The van der Waals surface area contributed by atoms with E-state index in [1.165, 1.54) is 0 Å². The predicted molar refractivity (Wildman–Crippen MR) is 30.5 cm³/mol. The molecule has 2 N–H and O–H groups in total. The minimum Gasteiger partial charge on any atom is -1.00 e. The van der Waals surface area contributed by atoms with Gasteiger partial charge in [-0.2, -0.15) is 0 Å². The number of amides is 1. The van der Waals surface area contributed by atoms with Crippen molar-refractivity contribution in [3.8, 4) is 0 Å². The van der Waals surface area contributed by atoms with E-state index in [1.54, 1.807) is 4.90 Å². The van der Waals surface area contributed by atoms with Crippen molar-refractivity contribution >= 4 is 5.91 Å². The van der Waals surface area contributed by atoms with Crippen molar-refractivity contribution in [2.24, 2.45) is 0 Å². The van der Waals surface area contributed by atoms with Gasteiger partial charge in [0.2, 0.25) is 5.91 Å². The van der Waals surface area contributed by atoms with E-state index in [4.69, 9.17) is 0 Å². The fourth-order valence-corrected chi connectivity index (χ4v) is 0.783. The summed E-state index contributed by atoms with van der Waals surface area (Å²) in [5.74, 6) is 0.292. The van der Waals surface area contributed by atoms with Gasteiger partial charge < -0.3 is 27.4 Å². The Hall–Kier alpha value is 0.507. The van der Waals surface area contributed by atoms with Crippen molar-refractivity contribution in [3.63, 3.8) is 0 Å². The van der Waals surface area contributed by atoms with Gasteiger partial charge in [0.25, 0.3) is 0 Å². The topological polar surface area (TPSA) is 51.8 Å². The predicted octanol–water partition coefficient (Wildman–Crippen LogP) is -6.58. The SMILES string of the molecule is CN1CCCC1=O.O.[Br-].[Li+]. The van der Waals surface area contributed by atoms with Crippen LogP contribution in [0.2, 0.25) is 0 Å². The molecule has 0 unspecified atom stereocenters. The van der Waals surface area contributed by atoms with Crippen LogP contribution >= 0.6 is 0 Å². The van der Waals surface area contributed by atoms with Crippen LogP contribution in [0.1, 0.15) is 12.8 Å². The number of carbonyl (C=O) groups excluding carboxylic acids is 1. The first-order chi connectivity index (χ1) is 3.30. The molecule has 1 saturated heterocycles. The van der Waals surface area contributed by atoms with Gasteiger partial charge in [-0.3, -0.25) is 4.79 Å². The molecule has 0 radical (unpaired) electrons. The van der Waals surface area contributed by atoms with Gasteiger partial charge in [0.15, 0.2) is 0 Å². The van der Waals surface area contributed by atoms with E-state index in [9.17, 15) is 4.79 Å². The van der Waals surface area contributed by atoms with Crippen LogP contribution in [0.4, 0.5) is 0 Å². The molecule has 1 aliphatic heterocycles. The molecular weight excluding hydrogens is 193 g/mol. The molecule has 1 fully saturated rings. The van der Waals surface area contributed by atoms with E-state index in [1.807, 2.05) is 7.05 Å². The smallest absolute Gasteiger partial charge is 1.00 e. The van der Waals surface area contributed by atoms with E-state index in [0.29, 0.717) is 5.91 Å². The molecule has 1 rings (SSSR count). The van der Waals surface area contributed by atoms with Crippen LogP contribution in [-0.2, 0) is 4.79 Å². The number of halogens is 1. The van der Waals surface area contributed by atoms with E-state index < -0.39 is 0 Å². The van der Waals surface area contributed by atoms with Crippen LogP contribution in [0.5, 0.6) is 0 Å². The van der Waals surface area contributed by atoms with E-state index in [-0.39, 0.29) is 41.3 Å². The molecule has 1 amide bonds. The Labute approximate surface area is 83.4 Å². The minimum absolute atomic E-state index is 0. The first kappa shape index (κ1) is 16.9. The maximum atomic E-state index is 10.5. The maximum Gasteiger partial charge on any atom is 1.00 e. The van der Waals surface area contributed by atoms with Crippen molar-refractivity contribution in [3.05, 3.63) is 0 Å². The second-order valence-electron chi connectivity index (χ2n) is 1.92. The van der Waals surface area contributed by atoms with Crippen molar-refractivity contribution in [1.82, 2.24) is 4.90 Å². The minimum atomic E-state index is 0. The first-order valence-electron chi connectivity index (χ1n) is 2.54. The molecule has 0 aromatic heterocycles. The number of nitrogens with zero attached hydrogens (tertiary/aromatic N) is 1. The van der Waals surface area contributed by atoms with Crippen LogP contribution in [-0.4, -0.2) is 29.9 Å². The summed E-state index contributed by atoms with van der Waals surface area (Å²) < 4.78 is 0. The third kappa shape index (κ3) is 4.34. The van der Waals surface area contributed by atoms with Crippen molar-refractivity contribution in [2.45, 2.75) is 12.8 Å². The average molecular weight is 204 g/mol. The fraction of sp³-hybridized carbons (Fsp3) is 0.800. The molecule has 0 atom stereocenters. The van der Waals surface area contributed by atoms with Gasteiger partial charge in [-0.1, -0.05) is 0 Å². The van der Waals surface area contributed by atoms with Gasteiger partial charge in [-0.05, 0) is 6.42 Å². The molecule has 1 heterocycles. The van der Waals surface area contributed by atoms with Gasteiger partial charge in [0.05, 0.1) is 0 Å². The summed E-state index contributed by atoms with van der Waals surface area (Å²) in [6.45, 7) is 0.957. The quantitative estimate of drug-likeness (QED) is 0.362. The third-order valence-corrected chi connectivity index (χ3v) is 1.31. The second-order valence-corrected chi connectivity index (χ2v) is 1.92. The largest absolute Gasteiger partial charge is 1.00 e. The van der Waals surface area contributed by atoms with Crippen LogP contribution < -0.4 is 35.8 Å². The van der Waals surface area contributed by atoms with E-state index >= 15 is 0 Å². The van der Waals surface area contributed by atoms with Crippen LogP contribution in [0.15, 0.2) is 0 Å². The Morgan fingerprint density at radius 2 is 2.00 bits per heavy atom. The Morgan fingerprint density at radius 1 is 1.50 bits per heavy atom. The molecule has 3 nitrogen and oxygen atoms in total. The Kier molecular flexibility index (Phi) is 12.8. The monoisotopic (exact) mass is 203 g/mol. The zero-order valence-corrected chi connectivity index (χ0v) is 7.94. The molecule has 0 spiro atoms. The second kappa shape index (κ2) is 7.61. The Morgan fingerprint density at radius 3 is 2.10 bits per heavy atom. The number of rotatable bonds is 0. The third-order valence-electron chi connectivity index (χ3n) is 1.31. The van der Waals surface area contributed by atoms with Gasteiger partial charge in [0, 0.05) is 20.0 Å². The normalized spacial score (nSPS) is 14.9. The standard InChI is InChI=1S/C5H9NO.BrH.Li.H2O/c1-6-4-2-3-5(6)7;;;/h2-4H2,1H3;1H;;1H2/q;;+1;/p-1. The molecule has 0 aliphatic carbocycles. The summed E-state index contributed by atoms with van der Waals surface area (Å²) in [5, 5.41) is 0. The van der Waals surface area contributed by atoms with Crippen LogP contribution in [0.3, 0.4) is 0 Å². The Bertz CT molecular complexity index is 102. The summed E-state index contributed by atoms with van der Waals surface area (Å²) in [6, 6.07) is 0. The average Bonchev–Trinajstić information content (AvgIpc) is 1.91. The molecule has 10 heavy (non-hydrogen) atoms. The van der Waals surface area contributed by atoms with Gasteiger partial charge in [-0.25, -0.2) is 0 Å². The molecule has 0 aromatic rings. The summed E-state index contributed by atoms with van der Waals surface area (Å²) in [4.78, 5) is 12.3. The number of hydrogen-bond donors (Lipinski definition) is 0. The summed E-state index contributed by atoms with van der Waals surface area (Å²) >= 11 is 0. The zero-order chi connectivity index (χ0) is 5.28. The molecule has 0 saturated carbocycles. The molecule has 0 bridgehead atoms. The molecule has 56 valence electrons. The van der Waals surface area contributed by atoms with Crippen LogP contribution in [0.25, 0.3) is 0 Å². The van der Waals surface area contributed by atoms with Crippen molar-refractivity contribution in [2.75, 3.05) is 13.6 Å². The summed E-state index contributed by atoms with van der Waals surface area (Å²) in [7, 11) is 1.84. The maximum absolute atomic E-state index is 10.5. The van der Waals surface area contributed by atoms with E-state index in [0.717, 1.165) is 19.4 Å². The molecule has 1 aliphatic rings. The number of hydrogen-bond acceptors (Lipinski definition) is 1. The summed E-state index contributed by atoms with van der Waals surface area (Å²) in [5.41, 5.74) is 0. The zero-order valence-electron chi connectivity index (χ0n) is 6.35. The molecule has 0 aromatic carbocycles. The molecular formula is C5H11BrLiNO2. The number of likely N-dealkylation sites (tertiary alicyclic amines) is 1. The van der Waals surface area contributed by atoms with Gasteiger partial charge in [0.1, 0.15) is 0 Å². The van der Waals surface area contributed by atoms with Gasteiger partial charge in [-0.15, -0.1) is 0 Å². The van der Waals surface area contributed by atoms with Gasteiger partial charge >= 0.3 is 18.9 Å². The van der Waals surface area contributed by atoms with E-state index in [2.05, 4.69) is 0 Å². The Balaban J connectivity index is -0.000000163. The first-order valence-corrected chi connectivity index (χ1v) is 2.54.